The van der Waals surface area contributed by atoms with Gasteiger partial charge in [-0.1, -0.05) is 13.0 Å². The molecule has 2 aromatic carbocycles. The third kappa shape index (κ3) is 4.84. The van der Waals surface area contributed by atoms with Crippen LogP contribution in [0, 0.1) is 11.6 Å². The molecule has 0 saturated carbocycles. The lowest BCUT2D eigenvalue weighted by atomic mass is 9.96. The van der Waals surface area contributed by atoms with Crippen molar-refractivity contribution < 1.29 is 26.7 Å². The topological polar surface area (TPSA) is 74.6 Å². The minimum atomic E-state index is -3.50. The molecule has 0 fully saturated rings. The van der Waals surface area contributed by atoms with E-state index in [0.29, 0.717) is 22.8 Å². The quantitative estimate of drug-likeness (QED) is 0.434. The van der Waals surface area contributed by atoms with E-state index in [1.165, 1.54) is 16.7 Å². The van der Waals surface area contributed by atoms with Crippen molar-refractivity contribution in [3.63, 3.8) is 0 Å². The van der Waals surface area contributed by atoms with Crippen LogP contribution in [0.25, 0.3) is 11.1 Å². The number of hydrogen-bond donors (Lipinski definition) is 0. The van der Waals surface area contributed by atoms with Gasteiger partial charge in [0.25, 0.3) is 5.56 Å². The van der Waals surface area contributed by atoms with E-state index in [1.54, 1.807) is 53.1 Å². The minimum Gasteiger partial charge on any atom is -0.493 e. The van der Waals surface area contributed by atoms with Crippen molar-refractivity contribution in [3.05, 3.63) is 76.2 Å². The molecular formula is C25H27F2NO5S. The summed E-state index contributed by atoms with van der Waals surface area (Å²) in [4.78, 5) is 12.2. The maximum absolute atomic E-state index is 14.3. The molecule has 34 heavy (non-hydrogen) atoms. The SMILES string of the molecule is CCOc1cc(=O)n(C)cc1-c1cc(C(C)(C)S(=O)(=O)CC)ccc1Oc1ccc(F)cc1F. The summed E-state index contributed by atoms with van der Waals surface area (Å²) in [6.45, 7) is 6.83. The summed E-state index contributed by atoms with van der Waals surface area (Å²) >= 11 is 0. The number of halogens is 2. The lowest BCUT2D eigenvalue weighted by Gasteiger charge is -2.26. The molecule has 1 heterocycles. The molecule has 0 spiro atoms. The van der Waals surface area contributed by atoms with Crippen LogP contribution in [0.4, 0.5) is 8.78 Å². The number of hydrogen-bond acceptors (Lipinski definition) is 5. The van der Waals surface area contributed by atoms with E-state index in [4.69, 9.17) is 9.47 Å². The first-order valence-corrected chi connectivity index (χ1v) is 12.4. The standard InChI is InChI=1S/C25H27F2NO5S/c1-6-32-23-14-24(29)28(5)15-19(23)18-12-16(25(3,4)34(30,31)7-2)8-10-21(18)33-22-11-9-17(26)13-20(22)27/h8-15H,6-7H2,1-5H3. The van der Waals surface area contributed by atoms with E-state index in [2.05, 4.69) is 0 Å². The normalized spacial score (nSPS) is 12.0. The van der Waals surface area contributed by atoms with Crippen LogP contribution < -0.4 is 15.0 Å². The molecule has 0 bridgehead atoms. The van der Waals surface area contributed by atoms with Crippen molar-refractivity contribution in [3.8, 4) is 28.4 Å². The second-order valence-corrected chi connectivity index (χ2v) is 11.1. The van der Waals surface area contributed by atoms with Gasteiger partial charge in [0.2, 0.25) is 0 Å². The fraction of sp³-hybridized carbons (Fsp3) is 0.320. The Morgan fingerprint density at radius 3 is 2.24 bits per heavy atom. The first kappa shape index (κ1) is 25.4. The second kappa shape index (κ2) is 9.58. The number of sulfone groups is 1. The van der Waals surface area contributed by atoms with E-state index < -0.39 is 26.2 Å². The molecule has 0 unspecified atom stereocenters. The summed E-state index contributed by atoms with van der Waals surface area (Å²) in [6.07, 6.45) is 1.54. The van der Waals surface area contributed by atoms with Gasteiger partial charge >= 0.3 is 0 Å². The van der Waals surface area contributed by atoms with Gasteiger partial charge < -0.3 is 14.0 Å². The predicted octanol–water partition coefficient (Wildman–Crippen LogP) is 5.19. The monoisotopic (exact) mass is 491 g/mol. The Hall–Kier alpha value is -3.20. The van der Waals surface area contributed by atoms with Crippen molar-refractivity contribution in [2.45, 2.75) is 32.4 Å². The summed E-state index contributed by atoms with van der Waals surface area (Å²) < 4.78 is 64.9. The van der Waals surface area contributed by atoms with Crippen molar-refractivity contribution in [2.24, 2.45) is 7.05 Å². The first-order chi connectivity index (χ1) is 15.9. The number of nitrogens with zero attached hydrogens (tertiary/aromatic N) is 1. The maximum atomic E-state index is 14.3. The molecule has 0 saturated heterocycles. The highest BCUT2D eigenvalue weighted by molar-refractivity contribution is 7.92. The maximum Gasteiger partial charge on any atom is 0.254 e. The highest BCUT2D eigenvalue weighted by Crippen LogP contribution is 2.42. The third-order valence-electron chi connectivity index (χ3n) is 5.73. The zero-order valence-corrected chi connectivity index (χ0v) is 20.5. The molecule has 0 radical (unpaired) electrons. The van der Waals surface area contributed by atoms with Crippen LogP contribution in [-0.4, -0.2) is 25.3 Å². The van der Waals surface area contributed by atoms with Gasteiger partial charge in [0, 0.05) is 42.3 Å². The zero-order valence-electron chi connectivity index (χ0n) is 19.7. The minimum absolute atomic E-state index is 0.0571. The van der Waals surface area contributed by atoms with Crippen LogP contribution in [0.5, 0.6) is 17.2 Å². The molecule has 182 valence electrons. The molecule has 9 heteroatoms. The molecule has 0 aliphatic carbocycles. The average molecular weight is 492 g/mol. The molecule has 1 aromatic heterocycles. The van der Waals surface area contributed by atoms with Gasteiger partial charge in [-0.25, -0.2) is 17.2 Å². The molecule has 3 rings (SSSR count). The molecular weight excluding hydrogens is 464 g/mol. The Kier molecular flexibility index (Phi) is 7.16. The van der Waals surface area contributed by atoms with Crippen molar-refractivity contribution in [1.29, 1.82) is 0 Å². The highest BCUT2D eigenvalue weighted by atomic mass is 32.2. The number of aromatic nitrogens is 1. The van der Waals surface area contributed by atoms with Gasteiger partial charge in [-0.05, 0) is 50.6 Å². The van der Waals surface area contributed by atoms with Gasteiger partial charge in [0.15, 0.2) is 21.4 Å². The summed E-state index contributed by atoms with van der Waals surface area (Å²) in [5, 5.41) is 0. The number of rotatable bonds is 8. The van der Waals surface area contributed by atoms with E-state index in [9.17, 15) is 22.0 Å². The van der Waals surface area contributed by atoms with E-state index in [0.717, 1.165) is 12.1 Å². The fourth-order valence-electron chi connectivity index (χ4n) is 3.51. The molecule has 3 aromatic rings. The van der Waals surface area contributed by atoms with Crippen molar-refractivity contribution >= 4 is 9.84 Å². The van der Waals surface area contributed by atoms with Crippen molar-refractivity contribution in [2.75, 3.05) is 12.4 Å². The Balaban J connectivity index is 2.30. The van der Waals surface area contributed by atoms with Gasteiger partial charge in [0.1, 0.15) is 17.3 Å². The van der Waals surface area contributed by atoms with E-state index >= 15 is 0 Å². The number of aryl methyl sites for hydroxylation is 1. The average Bonchev–Trinajstić information content (AvgIpc) is 2.78. The second-order valence-electron chi connectivity index (χ2n) is 8.23. The number of benzene rings is 2. The van der Waals surface area contributed by atoms with E-state index in [1.807, 2.05) is 0 Å². The first-order valence-electron chi connectivity index (χ1n) is 10.7. The van der Waals surface area contributed by atoms with Crippen LogP contribution in [0.1, 0.15) is 33.3 Å². The molecule has 6 nitrogen and oxygen atoms in total. The predicted molar refractivity (Wildman–Crippen MR) is 127 cm³/mol. The van der Waals surface area contributed by atoms with Gasteiger partial charge in [-0.3, -0.25) is 4.79 Å². The smallest absolute Gasteiger partial charge is 0.254 e. The van der Waals surface area contributed by atoms with Crippen LogP contribution in [0.15, 0.2) is 53.5 Å². The van der Waals surface area contributed by atoms with Gasteiger partial charge in [0.05, 0.1) is 11.4 Å². The largest absolute Gasteiger partial charge is 0.493 e. The highest BCUT2D eigenvalue weighted by Gasteiger charge is 2.35. The van der Waals surface area contributed by atoms with E-state index in [-0.39, 0.29) is 35.2 Å². The van der Waals surface area contributed by atoms with Crippen LogP contribution in [-0.2, 0) is 21.6 Å². The number of ether oxygens (including phenoxy) is 2. The van der Waals surface area contributed by atoms with Gasteiger partial charge in [-0.15, -0.1) is 0 Å². The Morgan fingerprint density at radius 1 is 0.941 bits per heavy atom. The molecule has 0 amide bonds. The zero-order chi connectivity index (χ0) is 25.3. The summed E-state index contributed by atoms with van der Waals surface area (Å²) in [5.74, 6) is -1.46. The van der Waals surface area contributed by atoms with Crippen LogP contribution in [0.2, 0.25) is 0 Å². The van der Waals surface area contributed by atoms with Crippen LogP contribution in [0.3, 0.4) is 0 Å². The Labute approximate surface area is 197 Å². The Bertz CT molecular complexity index is 1380. The van der Waals surface area contributed by atoms with Gasteiger partial charge in [-0.2, -0.15) is 0 Å². The van der Waals surface area contributed by atoms with Crippen LogP contribution >= 0.6 is 0 Å². The molecule has 0 aliphatic rings. The summed E-state index contributed by atoms with van der Waals surface area (Å²) in [6, 6.07) is 9.02. The van der Waals surface area contributed by atoms with Crippen molar-refractivity contribution in [1.82, 2.24) is 4.57 Å². The molecule has 0 atom stereocenters. The summed E-state index contributed by atoms with van der Waals surface area (Å²) in [5.41, 5.74) is 1.02. The molecule has 0 aliphatic heterocycles. The summed E-state index contributed by atoms with van der Waals surface area (Å²) in [7, 11) is -1.93. The fourth-order valence-corrected chi connectivity index (χ4v) is 4.72. The Morgan fingerprint density at radius 2 is 1.62 bits per heavy atom. The number of pyridine rings is 1. The lowest BCUT2D eigenvalue weighted by Crippen LogP contribution is -2.30. The molecule has 0 N–H and O–H groups in total. The third-order valence-corrected chi connectivity index (χ3v) is 8.28. The lowest BCUT2D eigenvalue weighted by molar-refractivity contribution is 0.340.